The molecule has 92 valence electrons. The largest absolute Gasteiger partial charge is 0.454 e. The maximum Gasteiger partial charge on any atom is 0.173 e. The van der Waals surface area contributed by atoms with E-state index in [0.29, 0.717) is 12.0 Å². The summed E-state index contributed by atoms with van der Waals surface area (Å²) in [6, 6.07) is 11.5. The van der Waals surface area contributed by atoms with Gasteiger partial charge >= 0.3 is 0 Å². The summed E-state index contributed by atoms with van der Waals surface area (Å²) >= 11 is 1.61. The van der Waals surface area contributed by atoms with Crippen molar-refractivity contribution in [3.05, 3.63) is 53.8 Å². The molecule has 0 unspecified atom stereocenters. The van der Waals surface area contributed by atoms with Crippen LogP contribution in [0.5, 0.6) is 11.5 Å². The summed E-state index contributed by atoms with van der Waals surface area (Å²) in [7, 11) is 0. The molecule has 18 heavy (non-hydrogen) atoms. The molecule has 0 saturated carbocycles. The van der Waals surface area contributed by atoms with Crippen LogP contribution in [0.25, 0.3) is 0 Å². The first-order valence-corrected chi connectivity index (χ1v) is 6.52. The normalized spacial score (nSPS) is 10.1. The van der Waals surface area contributed by atoms with Crippen LogP contribution in [-0.4, -0.2) is 12.5 Å². The van der Waals surface area contributed by atoms with Crippen molar-refractivity contribution in [3.8, 4) is 11.5 Å². The number of thioether (sulfide) groups is 1. The molecular weight excluding hydrogens is 251 g/mol. The fourth-order valence-corrected chi connectivity index (χ4v) is 1.90. The van der Waals surface area contributed by atoms with E-state index in [0.717, 1.165) is 4.90 Å². The Balaban J connectivity index is 2.30. The van der Waals surface area contributed by atoms with Crippen LogP contribution in [-0.2, 0) is 0 Å². The predicted molar refractivity (Wildman–Crippen MR) is 70.1 cm³/mol. The first-order chi connectivity index (χ1) is 8.74. The molecule has 0 aliphatic rings. The maximum absolute atomic E-state index is 13.6. The zero-order chi connectivity index (χ0) is 13.0. The van der Waals surface area contributed by atoms with Gasteiger partial charge in [0.15, 0.2) is 17.9 Å². The number of halogens is 1. The third-order valence-electron chi connectivity index (χ3n) is 2.40. The first kappa shape index (κ1) is 12.6. The van der Waals surface area contributed by atoms with Crippen molar-refractivity contribution in [3.63, 3.8) is 0 Å². The van der Waals surface area contributed by atoms with Gasteiger partial charge in [-0.3, -0.25) is 4.79 Å². The zero-order valence-electron chi connectivity index (χ0n) is 9.72. The lowest BCUT2D eigenvalue weighted by molar-refractivity contribution is 0.112. The van der Waals surface area contributed by atoms with Gasteiger partial charge in [-0.05, 0) is 42.7 Å². The van der Waals surface area contributed by atoms with Crippen LogP contribution in [0.15, 0.2) is 47.4 Å². The van der Waals surface area contributed by atoms with Gasteiger partial charge in [-0.25, -0.2) is 4.39 Å². The van der Waals surface area contributed by atoms with E-state index < -0.39 is 5.82 Å². The number of hydrogen-bond acceptors (Lipinski definition) is 3. The highest BCUT2D eigenvalue weighted by atomic mass is 32.2. The zero-order valence-corrected chi connectivity index (χ0v) is 10.5. The molecule has 0 aliphatic heterocycles. The Morgan fingerprint density at radius 2 is 1.89 bits per heavy atom. The Morgan fingerprint density at radius 3 is 2.50 bits per heavy atom. The highest BCUT2D eigenvalue weighted by Gasteiger charge is 2.10. The Bertz CT molecular complexity index is 552. The SMILES string of the molecule is CSc1ccc(Oc2c(F)cccc2C=O)cc1. The molecule has 0 N–H and O–H groups in total. The lowest BCUT2D eigenvalue weighted by atomic mass is 10.2. The third kappa shape index (κ3) is 2.71. The van der Waals surface area contributed by atoms with Gasteiger partial charge in [0.25, 0.3) is 0 Å². The summed E-state index contributed by atoms with van der Waals surface area (Å²) in [4.78, 5) is 11.9. The number of carbonyl (C=O) groups is 1. The van der Waals surface area contributed by atoms with Crippen LogP contribution >= 0.6 is 11.8 Å². The molecule has 0 atom stereocenters. The third-order valence-corrected chi connectivity index (χ3v) is 3.15. The Kier molecular flexibility index (Phi) is 3.99. The number of hydrogen-bond donors (Lipinski definition) is 0. The van der Waals surface area contributed by atoms with Crippen molar-refractivity contribution in [1.82, 2.24) is 0 Å². The minimum absolute atomic E-state index is 0.0376. The van der Waals surface area contributed by atoms with E-state index in [1.165, 1.54) is 18.2 Å². The van der Waals surface area contributed by atoms with Crippen LogP contribution in [0.4, 0.5) is 4.39 Å². The predicted octanol–water partition coefficient (Wildman–Crippen LogP) is 4.15. The van der Waals surface area contributed by atoms with E-state index in [1.54, 1.807) is 23.9 Å². The smallest absolute Gasteiger partial charge is 0.173 e. The number of para-hydroxylation sites is 1. The summed E-state index contributed by atoms with van der Waals surface area (Å²) in [6.07, 6.45) is 2.55. The van der Waals surface area contributed by atoms with Gasteiger partial charge in [0.2, 0.25) is 0 Å². The Hall–Kier alpha value is -1.81. The van der Waals surface area contributed by atoms with Gasteiger partial charge in [0.1, 0.15) is 5.75 Å². The van der Waals surface area contributed by atoms with Gasteiger partial charge < -0.3 is 4.74 Å². The lowest BCUT2D eigenvalue weighted by Crippen LogP contribution is -1.93. The van der Waals surface area contributed by atoms with Gasteiger partial charge in [0.05, 0.1) is 5.56 Å². The minimum Gasteiger partial charge on any atom is -0.454 e. The summed E-state index contributed by atoms with van der Waals surface area (Å²) < 4.78 is 19.0. The quantitative estimate of drug-likeness (QED) is 0.611. The number of carbonyl (C=O) groups excluding carboxylic acids is 1. The Labute approximate surface area is 109 Å². The average molecular weight is 262 g/mol. The second-order valence-corrected chi connectivity index (χ2v) is 4.43. The first-order valence-electron chi connectivity index (χ1n) is 5.30. The van der Waals surface area contributed by atoms with Crippen LogP contribution in [0, 0.1) is 5.82 Å². The summed E-state index contributed by atoms with van der Waals surface area (Å²) in [5, 5.41) is 0. The molecular formula is C14H11FO2S. The van der Waals surface area contributed by atoms with Crippen LogP contribution < -0.4 is 4.74 Å². The second kappa shape index (κ2) is 5.69. The summed E-state index contributed by atoms with van der Waals surface area (Å²) in [5.41, 5.74) is 0.198. The van der Waals surface area contributed by atoms with Crippen LogP contribution in [0.1, 0.15) is 10.4 Å². The minimum atomic E-state index is -0.548. The van der Waals surface area contributed by atoms with E-state index in [4.69, 9.17) is 4.74 Å². The van der Waals surface area contributed by atoms with E-state index in [2.05, 4.69) is 0 Å². The van der Waals surface area contributed by atoms with E-state index >= 15 is 0 Å². The van der Waals surface area contributed by atoms with Crippen molar-refractivity contribution in [2.45, 2.75) is 4.90 Å². The molecule has 0 heterocycles. The fourth-order valence-electron chi connectivity index (χ4n) is 1.49. The highest BCUT2D eigenvalue weighted by molar-refractivity contribution is 7.98. The molecule has 0 saturated heterocycles. The maximum atomic E-state index is 13.6. The van der Waals surface area contributed by atoms with Crippen LogP contribution in [0.2, 0.25) is 0 Å². The monoisotopic (exact) mass is 262 g/mol. The fraction of sp³-hybridized carbons (Fsp3) is 0.0714. The van der Waals surface area contributed by atoms with Crippen LogP contribution in [0.3, 0.4) is 0 Å². The number of rotatable bonds is 4. The number of benzene rings is 2. The van der Waals surface area contributed by atoms with E-state index in [-0.39, 0.29) is 11.3 Å². The summed E-state index contributed by atoms with van der Waals surface area (Å²) in [5.74, 6) is -0.0843. The Morgan fingerprint density at radius 1 is 1.17 bits per heavy atom. The molecule has 0 aromatic heterocycles. The molecule has 0 radical (unpaired) electrons. The molecule has 2 nitrogen and oxygen atoms in total. The van der Waals surface area contributed by atoms with Gasteiger partial charge in [0, 0.05) is 4.90 Å². The molecule has 2 rings (SSSR count). The van der Waals surface area contributed by atoms with E-state index in [9.17, 15) is 9.18 Å². The molecule has 2 aromatic rings. The molecule has 0 fully saturated rings. The number of aldehydes is 1. The van der Waals surface area contributed by atoms with Crippen molar-refractivity contribution in [1.29, 1.82) is 0 Å². The number of ether oxygens (including phenoxy) is 1. The van der Waals surface area contributed by atoms with Gasteiger partial charge in [-0.1, -0.05) is 6.07 Å². The van der Waals surface area contributed by atoms with Gasteiger partial charge in [-0.2, -0.15) is 0 Å². The lowest BCUT2D eigenvalue weighted by Gasteiger charge is -2.09. The van der Waals surface area contributed by atoms with Crippen molar-refractivity contribution in [2.24, 2.45) is 0 Å². The summed E-state index contributed by atoms with van der Waals surface area (Å²) in [6.45, 7) is 0. The molecule has 4 heteroatoms. The van der Waals surface area contributed by atoms with Crippen molar-refractivity contribution in [2.75, 3.05) is 6.26 Å². The van der Waals surface area contributed by atoms with E-state index in [1.807, 2.05) is 18.4 Å². The molecule has 0 bridgehead atoms. The topological polar surface area (TPSA) is 26.3 Å². The average Bonchev–Trinajstić information content (AvgIpc) is 2.42. The second-order valence-electron chi connectivity index (χ2n) is 3.55. The van der Waals surface area contributed by atoms with Crippen molar-refractivity contribution >= 4 is 18.0 Å². The molecule has 0 aliphatic carbocycles. The van der Waals surface area contributed by atoms with Gasteiger partial charge in [-0.15, -0.1) is 11.8 Å². The molecule has 0 amide bonds. The highest BCUT2D eigenvalue weighted by Crippen LogP contribution is 2.28. The molecule has 2 aromatic carbocycles. The standard InChI is InChI=1S/C14H11FO2S/c1-18-12-7-5-11(6-8-12)17-14-10(9-16)3-2-4-13(14)15/h2-9H,1H3. The van der Waals surface area contributed by atoms with Crippen molar-refractivity contribution < 1.29 is 13.9 Å². The molecule has 0 spiro atoms.